The molecule has 0 aliphatic rings. The van der Waals surface area contributed by atoms with Crippen LogP contribution in [-0.2, 0) is 0 Å². The minimum absolute atomic E-state index is 0.515. The third-order valence-corrected chi connectivity index (χ3v) is 4.87. The van der Waals surface area contributed by atoms with Gasteiger partial charge in [-0.1, -0.05) is 0 Å². The van der Waals surface area contributed by atoms with Crippen molar-refractivity contribution in [3.8, 4) is 0 Å². The molecule has 80 valence electrons. The molecule has 1 nitrogen and oxygen atoms in total. The van der Waals surface area contributed by atoms with Crippen LogP contribution >= 0.6 is 43.2 Å². The molecule has 7 heteroatoms. The second kappa shape index (κ2) is 4.51. The number of hydrogen-bond donors (Lipinski definition) is 1. The Morgan fingerprint density at radius 2 is 2.00 bits per heavy atom. The first-order valence-electron chi connectivity index (χ1n) is 3.56. The molecule has 14 heavy (non-hydrogen) atoms. The highest BCUT2D eigenvalue weighted by molar-refractivity contribution is 9.13. The molecule has 0 radical (unpaired) electrons. The summed E-state index contributed by atoms with van der Waals surface area (Å²) in [6, 6.07) is 0.619. The monoisotopic (exact) mass is 351 g/mol. The summed E-state index contributed by atoms with van der Waals surface area (Å²) in [7, 11) is 0. The van der Waals surface area contributed by atoms with Gasteiger partial charge in [-0.25, -0.2) is 0 Å². The zero-order valence-electron chi connectivity index (χ0n) is 6.74. The molecular weight excluding hydrogens is 347 g/mol. The van der Waals surface area contributed by atoms with Gasteiger partial charge in [0, 0.05) is 15.4 Å². The second-order valence-electron chi connectivity index (χ2n) is 2.70. The number of rotatable bonds is 2. The number of nitrogens with two attached hydrogens (primary N) is 1. The Hall–Kier alpha value is 0.410. The number of thiophene rings is 1. The fraction of sp³-hybridized carbons (Fsp3) is 0.429. The van der Waals surface area contributed by atoms with E-state index in [0.717, 1.165) is 8.26 Å². The van der Waals surface area contributed by atoms with E-state index >= 15 is 0 Å². The Balaban J connectivity index is 2.75. The summed E-state index contributed by atoms with van der Waals surface area (Å²) in [4.78, 5) is 0.515. The standard InChI is InChI=1S/C7H6Br2F3NS/c8-3-1-5(14-6(3)9)4(13)2-7(10,11)12/h1,4H,2,13H2/t4-/m0/s1. The van der Waals surface area contributed by atoms with Gasteiger partial charge in [0.1, 0.15) is 0 Å². The minimum Gasteiger partial charge on any atom is -0.323 e. The van der Waals surface area contributed by atoms with Crippen LogP contribution in [0, 0.1) is 0 Å². The first-order valence-corrected chi connectivity index (χ1v) is 5.97. The van der Waals surface area contributed by atoms with E-state index in [1.54, 1.807) is 6.07 Å². The maximum absolute atomic E-state index is 12.0. The average molecular weight is 353 g/mol. The molecule has 2 N–H and O–H groups in total. The van der Waals surface area contributed by atoms with Gasteiger partial charge in [0.25, 0.3) is 0 Å². The summed E-state index contributed by atoms with van der Waals surface area (Å²) < 4.78 is 37.5. The Labute approximate surface area is 99.7 Å². The molecule has 0 unspecified atom stereocenters. The molecule has 0 aliphatic heterocycles. The van der Waals surface area contributed by atoms with Gasteiger partial charge >= 0.3 is 6.18 Å². The highest BCUT2D eigenvalue weighted by Gasteiger charge is 2.31. The van der Waals surface area contributed by atoms with Crippen molar-refractivity contribution < 1.29 is 13.2 Å². The van der Waals surface area contributed by atoms with Crippen LogP contribution < -0.4 is 5.73 Å². The topological polar surface area (TPSA) is 26.0 Å². The van der Waals surface area contributed by atoms with Crippen molar-refractivity contribution >= 4 is 43.2 Å². The summed E-state index contributed by atoms with van der Waals surface area (Å²) in [5, 5.41) is 0. The third kappa shape index (κ3) is 3.52. The van der Waals surface area contributed by atoms with Crippen LogP contribution in [0.5, 0.6) is 0 Å². The molecular formula is C7H6Br2F3NS. The third-order valence-electron chi connectivity index (χ3n) is 1.48. The Morgan fingerprint density at radius 3 is 2.36 bits per heavy atom. The van der Waals surface area contributed by atoms with Crippen LogP contribution in [0.15, 0.2) is 14.3 Å². The normalized spacial score (nSPS) is 14.4. The smallest absolute Gasteiger partial charge is 0.323 e. The fourth-order valence-corrected chi connectivity index (χ4v) is 2.99. The Bertz CT molecular complexity index is 304. The summed E-state index contributed by atoms with van der Waals surface area (Å²) in [6.45, 7) is 0. The minimum atomic E-state index is -4.22. The molecule has 0 bridgehead atoms. The number of halogens is 5. The Kier molecular flexibility index (Phi) is 4.02. The molecule has 0 aliphatic carbocycles. The molecule has 1 heterocycles. The van der Waals surface area contributed by atoms with E-state index in [-0.39, 0.29) is 0 Å². The van der Waals surface area contributed by atoms with E-state index in [4.69, 9.17) is 5.73 Å². The predicted molar refractivity (Wildman–Crippen MR) is 57.3 cm³/mol. The lowest BCUT2D eigenvalue weighted by Crippen LogP contribution is -2.19. The van der Waals surface area contributed by atoms with Crippen LogP contribution in [0.4, 0.5) is 13.2 Å². The molecule has 1 aromatic heterocycles. The van der Waals surface area contributed by atoms with Crippen molar-refractivity contribution in [3.63, 3.8) is 0 Å². The van der Waals surface area contributed by atoms with Gasteiger partial charge in [-0.05, 0) is 37.9 Å². The highest BCUT2D eigenvalue weighted by atomic mass is 79.9. The second-order valence-corrected chi connectivity index (χ2v) is 5.95. The molecule has 0 aromatic carbocycles. The molecule has 1 rings (SSSR count). The fourth-order valence-electron chi connectivity index (χ4n) is 0.896. The summed E-state index contributed by atoms with van der Waals surface area (Å²) in [5.74, 6) is 0. The lowest BCUT2D eigenvalue weighted by molar-refractivity contribution is -0.138. The molecule has 1 atom stereocenters. The molecule has 0 saturated carbocycles. The van der Waals surface area contributed by atoms with Crippen molar-refractivity contribution in [3.05, 3.63) is 19.2 Å². The van der Waals surface area contributed by atoms with Crippen LogP contribution in [0.1, 0.15) is 17.3 Å². The average Bonchev–Trinajstić information content (AvgIpc) is 2.28. The summed E-state index contributed by atoms with van der Waals surface area (Å²) in [5.41, 5.74) is 5.41. The van der Waals surface area contributed by atoms with Gasteiger partial charge in [-0.3, -0.25) is 0 Å². The van der Waals surface area contributed by atoms with Crippen molar-refractivity contribution in [2.75, 3.05) is 0 Å². The SMILES string of the molecule is N[C@@H](CC(F)(F)F)c1cc(Br)c(Br)s1. The van der Waals surface area contributed by atoms with Gasteiger partial charge < -0.3 is 5.73 Å². The van der Waals surface area contributed by atoms with Crippen molar-refractivity contribution in [1.82, 2.24) is 0 Å². The van der Waals surface area contributed by atoms with Crippen LogP contribution in [0.3, 0.4) is 0 Å². The van der Waals surface area contributed by atoms with Crippen molar-refractivity contribution in [2.45, 2.75) is 18.6 Å². The van der Waals surface area contributed by atoms with Crippen LogP contribution in [-0.4, -0.2) is 6.18 Å². The Morgan fingerprint density at radius 1 is 1.43 bits per heavy atom. The predicted octanol–water partition coefficient (Wildman–Crippen LogP) is 4.23. The molecule has 1 aromatic rings. The van der Waals surface area contributed by atoms with Gasteiger partial charge in [-0.15, -0.1) is 11.3 Å². The van der Waals surface area contributed by atoms with E-state index in [0.29, 0.717) is 4.88 Å². The summed E-state index contributed by atoms with van der Waals surface area (Å²) >= 11 is 7.60. The molecule has 0 spiro atoms. The van der Waals surface area contributed by atoms with E-state index in [1.165, 1.54) is 11.3 Å². The van der Waals surface area contributed by atoms with Crippen LogP contribution in [0.25, 0.3) is 0 Å². The number of hydrogen-bond acceptors (Lipinski definition) is 2. The quantitative estimate of drug-likeness (QED) is 0.847. The molecule has 0 saturated heterocycles. The largest absolute Gasteiger partial charge is 0.390 e. The number of alkyl halides is 3. The van der Waals surface area contributed by atoms with E-state index in [2.05, 4.69) is 31.9 Å². The maximum atomic E-state index is 12.0. The first-order chi connectivity index (χ1) is 6.29. The molecule has 0 fully saturated rings. The highest BCUT2D eigenvalue weighted by Crippen LogP contribution is 2.37. The lowest BCUT2D eigenvalue weighted by atomic mass is 10.2. The van der Waals surface area contributed by atoms with Gasteiger partial charge in [0.05, 0.1) is 10.2 Å². The van der Waals surface area contributed by atoms with E-state index in [9.17, 15) is 13.2 Å². The first kappa shape index (κ1) is 12.5. The zero-order chi connectivity index (χ0) is 10.9. The van der Waals surface area contributed by atoms with Crippen LogP contribution in [0.2, 0.25) is 0 Å². The van der Waals surface area contributed by atoms with E-state index < -0.39 is 18.6 Å². The van der Waals surface area contributed by atoms with Crippen molar-refractivity contribution in [1.29, 1.82) is 0 Å². The molecule has 0 amide bonds. The lowest BCUT2D eigenvalue weighted by Gasteiger charge is -2.11. The van der Waals surface area contributed by atoms with Gasteiger partial charge in [-0.2, -0.15) is 13.2 Å². The van der Waals surface area contributed by atoms with Gasteiger partial charge in [0.2, 0.25) is 0 Å². The van der Waals surface area contributed by atoms with E-state index in [1.807, 2.05) is 0 Å². The summed E-state index contributed by atoms with van der Waals surface area (Å²) in [6.07, 6.45) is -5.21. The zero-order valence-corrected chi connectivity index (χ0v) is 10.7. The van der Waals surface area contributed by atoms with Crippen molar-refractivity contribution in [2.24, 2.45) is 5.73 Å². The van der Waals surface area contributed by atoms with Gasteiger partial charge in [0.15, 0.2) is 0 Å². The maximum Gasteiger partial charge on any atom is 0.390 e.